The summed E-state index contributed by atoms with van der Waals surface area (Å²) in [5, 5.41) is 2.61. The largest absolute Gasteiger partial charge is 0.323 e. The van der Waals surface area contributed by atoms with Gasteiger partial charge in [-0.2, -0.15) is 0 Å². The molecule has 0 aromatic heterocycles. The van der Waals surface area contributed by atoms with Crippen molar-refractivity contribution in [2.75, 3.05) is 0 Å². The van der Waals surface area contributed by atoms with Crippen LogP contribution in [0.4, 0.5) is 0 Å². The Morgan fingerprint density at radius 3 is 2.33 bits per heavy atom. The van der Waals surface area contributed by atoms with Crippen molar-refractivity contribution < 1.29 is 0 Å². The molecule has 1 heteroatoms. The highest BCUT2D eigenvalue weighted by Gasteiger charge is 2.40. The van der Waals surface area contributed by atoms with Gasteiger partial charge in [0.1, 0.15) is 0 Å². The first kappa shape index (κ1) is 14.6. The van der Waals surface area contributed by atoms with E-state index in [9.17, 15) is 0 Å². The summed E-state index contributed by atoms with van der Waals surface area (Å²) in [6.07, 6.45) is 6.52. The normalized spacial score (nSPS) is 19.2. The van der Waals surface area contributed by atoms with Crippen LogP contribution >= 0.6 is 0 Å². The first-order valence-corrected chi connectivity index (χ1v) is 8.35. The van der Waals surface area contributed by atoms with Gasteiger partial charge in [-0.1, -0.05) is 63.1 Å². The maximum Gasteiger partial charge on any atom is 0.0352 e. The summed E-state index contributed by atoms with van der Waals surface area (Å²) in [5.41, 5.74) is 8.41. The maximum absolute atomic E-state index is 6.77. The molecule has 2 aromatic carbocycles. The summed E-state index contributed by atoms with van der Waals surface area (Å²) >= 11 is 0. The third-order valence-electron chi connectivity index (χ3n) is 5.21. The quantitative estimate of drug-likeness (QED) is 0.792. The van der Waals surface area contributed by atoms with E-state index in [-0.39, 0.29) is 6.04 Å². The van der Waals surface area contributed by atoms with E-state index in [4.69, 9.17) is 5.73 Å². The number of hydrogen-bond donors (Lipinski definition) is 1. The SMILES string of the molecule is CC(C)CC1(C(N)c2ccc3ccccc3c2)CCCC1. The molecule has 1 unspecified atom stereocenters. The third-order valence-corrected chi connectivity index (χ3v) is 5.21. The first-order valence-electron chi connectivity index (χ1n) is 8.35. The van der Waals surface area contributed by atoms with E-state index >= 15 is 0 Å². The van der Waals surface area contributed by atoms with Crippen molar-refractivity contribution in [1.82, 2.24) is 0 Å². The fourth-order valence-electron chi connectivity index (χ4n) is 4.29. The summed E-state index contributed by atoms with van der Waals surface area (Å²) in [6.45, 7) is 4.65. The lowest BCUT2D eigenvalue weighted by molar-refractivity contribution is 0.183. The fourth-order valence-corrected chi connectivity index (χ4v) is 4.29. The lowest BCUT2D eigenvalue weighted by Gasteiger charge is -2.37. The van der Waals surface area contributed by atoms with Crippen LogP contribution in [0.1, 0.15) is 57.6 Å². The lowest BCUT2D eigenvalue weighted by Crippen LogP contribution is -2.33. The zero-order chi connectivity index (χ0) is 14.9. The summed E-state index contributed by atoms with van der Waals surface area (Å²) in [6, 6.07) is 15.5. The molecule has 0 aliphatic heterocycles. The number of fused-ring (bicyclic) bond motifs is 1. The zero-order valence-corrected chi connectivity index (χ0v) is 13.3. The van der Waals surface area contributed by atoms with Crippen LogP contribution in [0.2, 0.25) is 0 Å². The van der Waals surface area contributed by atoms with E-state index in [1.54, 1.807) is 0 Å². The van der Waals surface area contributed by atoms with Crippen molar-refractivity contribution >= 4 is 10.8 Å². The maximum atomic E-state index is 6.77. The van der Waals surface area contributed by atoms with Crippen molar-refractivity contribution in [2.45, 2.75) is 52.0 Å². The smallest absolute Gasteiger partial charge is 0.0352 e. The Bertz CT molecular complexity index is 608. The van der Waals surface area contributed by atoms with Crippen LogP contribution < -0.4 is 5.73 Å². The molecule has 0 radical (unpaired) electrons. The molecular formula is C20H27N. The van der Waals surface area contributed by atoms with Gasteiger partial charge in [0.25, 0.3) is 0 Å². The molecule has 1 aliphatic carbocycles. The Balaban J connectivity index is 1.95. The minimum absolute atomic E-state index is 0.173. The molecule has 0 saturated heterocycles. The molecule has 1 aliphatic rings. The Labute approximate surface area is 128 Å². The zero-order valence-electron chi connectivity index (χ0n) is 13.3. The molecule has 3 rings (SSSR count). The second-order valence-electron chi connectivity index (χ2n) is 7.25. The van der Waals surface area contributed by atoms with Crippen molar-refractivity contribution in [1.29, 1.82) is 0 Å². The minimum Gasteiger partial charge on any atom is -0.323 e. The predicted octanol–water partition coefficient (Wildman–Crippen LogP) is 5.45. The third kappa shape index (κ3) is 2.85. The van der Waals surface area contributed by atoms with Crippen LogP contribution in [0.3, 0.4) is 0 Å². The van der Waals surface area contributed by atoms with E-state index in [2.05, 4.69) is 56.3 Å². The van der Waals surface area contributed by atoms with E-state index < -0.39 is 0 Å². The van der Waals surface area contributed by atoms with Crippen LogP contribution in [0.25, 0.3) is 10.8 Å². The van der Waals surface area contributed by atoms with Gasteiger partial charge < -0.3 is 5.73 Å². The molecule has 1 atom stereocenters. The van der Waals surface area contributed by atoms with Crippen LogP contribution in [0, 0.1) is 11.3 Å². The molecule has 21 heavy (non-hydrogen) atoms. The second-order valence-corrected chi connectivity index (χ2v) is 7.25. The minimum atomic E-state index is 0.173. The van der Waals surface area contributed by atoms with Gasteiger partial charge in [-0.05, 0) is 53.0 Å². The summed E-state index contributed by atoms with van der Waals surface area (Å²) in [5.74, 6) is 0.717. The molecule has 0 heterocycles. The van der Waals surface area contributed by atoms with Crippen molar-refractivity contribution in [3.63, 3.8) is 0 Å². The molecule has 1 saturated carbocycles. The Morgan fingerprint density at radius 2 is 1.67 bits per heavy atom. The standard InChI is InChI=1S/C20H27N/c1-15(2)14-20(11-5-6-12-20)19(21)18-10-9-16-7-3-4-8-17(16)13-18/h3-4,7-10,13,15,19H,5-6,11-12,14,21H2,1-2H3. The van der Waals surface area contributed by atoms with Gasteiger partial charge in [0.2, 0.25) is 0 Å². The van der Waals surface area contributed by atoms with E-state index in [0.29, 0.717) is 5.41 Å². The van der Waals surface area contributed by atoms with Gasteiger partial charge in [0.15, 0.2) is 0 Å². The summed E-state index contributed by atoms with van der Waals surface area (Å²) in [4.78, 5) is 0. The lowest BCUT2D eigenvalue weighted by atomic mass is 9.70. The molecule has 112 valence electrons. The molecule has 1 nitrogen and oxygen atoms in total. The second kappa shape index (κ2) is 5.81. The van der Waals surface area contributed by atoms with E-state index in [1.807, 2.05) is 0 Å². The predicted molar refractivity (Wildman–Crippen MR) is 91.2 cm³/mol. The van der Waals surface area contributed by atoms with Crippen LogP contribution in [-0.4, -0.2) is 0 Å². The fraction of sp³-hybridized carbons (Fsp3) is 0.500. The van der Waals surface area contributed by atoms with Crippen LogP contribution in [0.5, 0.6) is 0 Å². The molecule has 0 bridgehead atoms. The molecule has 0 amide bonds. The monoisotopic (exact) mass is 281 g/mol. The van der Waals surface area contributed by atoms with Gasteiger partial charge in [-0.25, -0.2) is 0 Å². The Morgan fingerprint density at radius 1 is 1.00 bits per heavy atom. The van der Waals surface area contributed by atoms with E-state index in [1.165, 1.54) is 48.4 Å². The van der Waals surface area contributed by atoms with E-state index in [0.717, 1.165) is 5.92 Å². The van der Waals surface area contributed by atoms with Gasteiger partial charge in [0.05, 0.1) is 0 Å². The van der Waals surface area contributed by atoms with Gasteiger partial charge in [-0.3, -0.25) is 0 Å². The number of hydrogen-bond acceptors (Lipinski definition) is 1. The van der Waals surface area contributed by atoms with Crippen molar-refractivity contribution in [3.8, 4) is 0 Å². The van der Waals surface area contributed by atoms with Gasteiger partial charge >= 0.3 is 0 Å². The highest BCUT2D eigenvalue weighted by Crippen LogP contribution is 2.50. The van der Waals surface area contributed by atoms with Gasteiger partial charge in [-0.15, -0.1) is 0 Å². The number of rotatable bonds is 4. The average molecular weight is 281 g/mol. The topological polar surface area (TPSA) is 26.0 Å². The molecule has 1 fully saturated rings. The Hall–Kier alpha value is -1.34. The number of benzene rings is 2. The highest BCUT2D eigenvalue weighted by atomic mass is 14.7. The van der Waals surface area contributed by atoms with Crippen LogP contribution in [0.15, 0.2) is 42.5 Å². The molecular weight excluding hydrogens is 254 g/mol. The average Bonchev–Trinajstić information content (AvgIpc) is 2.95. The van der Waals surface area contributed by atoms with Gasteiger partial charge in [0, 0.05) is 6.04 Å². The summed E-state index contributed by atoms with van der Waals surface area (Å²) < 4.78 is 0. The van der Waals surface area contributed by atoms with Crippen molar-refractivity contribution in [3.05, 3.63) is 48.0 Å². The molecule has 0 spiro atoms. The molecule has 2 aromatic rings. The molecule has 2 N–H and O–H groups in total. The van der Waals surface area contributed by atoms with Crippen LogP contribution in [-0.2, 0) is 0 Å². The summed E-state index contributed by atoms with van der Waals surface area (Å²) in [7, 11) is 0. The highest BCUT2D eigenvalue weighted by molar-refractivity contribution is 5.83. The van der Waals surface area contributed by atoms with Crippen molar-refractivity contribution in [2.24, 2.45) is 17.1 Å². The first-order chi connectivity index (χ1) is 10.1. The number of nitrogens with two attached hydrogens (primary N) is 1. The Kier molecular flexibility index (Phi) is 4.03.